The quantitative estimate of drug-likeness (QED) is 0.861. The van der Waals surface area contributed by atoms with Crippen LogP contribution in [0.5, 0.6) is 0 Å². The normalized spacial score (nSPS) is 18.1. The Morgan fingerprint density at radius 2 is 2.05 bits per heavy atom. The van der Waals surface area contributed by atoms with E-state index < -0.39 is 0 Å². The molecule has 0 amide bonds. The number of aryl methyl sites for hydroxylation is 3. The van der Waals surface area contributed by atoms with Gasteiger partial charge in [-0.05, 0) is 56.4 Å². The van der Waals surface area contributed by atoms with Gasteiger partial charge in [0.05, 0.1) is 5.69 Å². The summed E-state index contributed by atoms with van der Waals surface area (Å²) >= 11 is 5.48. The molecule has 3 rings (SSSR count). The van der Waals surface area contributed by atoms with Crippen LogP contribution in [0.3, 0.4) is 0 Å². The zero-order valence-corrected chi connectivity index (χ0v) is 14.3. The van der Waals surface area contributed by atoms with Crippen molar-refractivity contribution in [3.8, 4) is 10.6 Å². The van der Waals surface area contributed by atoms with Gasteiger partial charge < -0.3 is 5.73 Å². The minimum absolute atomic E-state index is 0.460. The maximum Gasteiger partial charge on any atom is 0.123 e. The second kappa shape index (κ2) is 5.58. The Balaban J connectivity index is 2.06. The summed E-state index contributed by atoms with van der Waals surface area (Å²) in [6.45, 7) is 4.99. The van der Waals surface area contributed by atoms with Crippen molar-refractivity contribution in [2.75, 3.05) is 6.54 Å². The number of thiazole rings is 1. The van der Waals surface area contributed by atoms with Crippen molar-refractivity contribution in [3.05, 3.63) is 38.3 Å². The Morgan fingerprint density at radius 3 is 2.70 bits per heavy atom. The average Bonchev–Trinajstić information content (AvgIpc) is 2.88. The lowest BCUT2D eigenvalue weighted by atomic mass is 9.91. The third-order valence-electron chi connectivity index (χ3n) is 4.04. The van der Waals surface area contributed by atoms with E-state index in [-0.39, 0.29) is 0 Å². The highest BCUT2D eigenvalue weighted by molar-refractivity contribution is 9.10. The topological polar surface area (TPSA) is 38.9 Å². The Bertz CT molecular complexity index is 625. The molecular formula is C16H19BrN2S. The number of nitrogens with zero attached hydrogens (tertiary/aromatic N) is 1. The van der Waals surface area contributed by atoms with Crippen molar-refractivity contribution < 1.29 is 0 Å². The van der Waals surface area contributed by atoms with Crippen LogP contribution >= 0.6 is 27.3 Å². The minimum Gasteiger partial charge on any atom is -0.330 e. The van der Waals surface area contributed by atoms with Crippen LogP contribution in [-0.4, -0.2) is 11.5 Å². The van der Waals surface area contributed by atoms with E-state index in [9.17, 15) is 0 Å². The van der Waals surface area contributed by atoms with Crippen molar-refractivity contribution in [2.45, 2.75) is 39.0 Å². The van der Waals surface area contributed by atoms with Gasteiger partial charge in [-0.2, -0.15) is 0 Å². The summed E-state index contributed by atoms with van der Waals surface area (Å²) in [4.78, 5) is 6.35. The summed E-state index contributed by atoms with van der Waals surface area (Å²) in [7, 11) is 0. The molecule has 0 saturated carbocycles. The lowest BCUT2D eigenvalue weighted by Crippen LogP contribution is -2.17. The molecule has 1 aromatic carbocycles. The maximum atomic E-state index is 5.89. The van der Waals surface area contributed by atoms with Crippen LogP contribution in [0, 0.1) is 13.8 Å². The van der Waals surface area contributed by atoms with Crippen molar-refractivity contribution in [1.29, 1.82) is 0 Å². The maximum absolute atomic E-state index is 5.89. The highest BCUT2D eigenvalue weighted by Gasteiger charge is 2.24. The molecule has 1 aliphatic carbocycles. The molecule has 2 nitrogen and oxygen atoms in total. The summed E-state index contributed by atoms with van der Waals surface area (Å²) in [5.74, 6) is 0.460. The van der Waals surface area contributed by atoms with Gasteiger partial charge in [-0.3, -0.25) is 0 Å². The van der Waals surface area contributed by atoms with Gasteiger partial charge in [0.25, 0.3) is 0 Å². The Hall–Kier alpha value is -0.710. The molecule has 106 valence electrons. The molecular weight excluding hydrogens is 332 g/mol. The van der Waals surface area contributed by atoms with Crippen LogP contribution in [0.15, 0.2) is 16.6 Å². The van der Waals surface area contributed by atoms with Gasteiger partial charge >= 0.3 is 0 Å². The molecule has 2 aromatic rings. The highest BCUT2D eigenvalue weighted by atomic mass is 79.9. The molecule has 0 fully saturated rings. The fourth-order valence-electron chi connectivity index (χ4n) is 2.93. The van der Waals surface area contributed by atoms with Crippen LogP contribution in [0.2, 0.25) is 0 Å². The zero-order valence-electron chi connectivity index (χ0n) is 11.9. The lowest BCUT2D eigenvalue weighted by Gasteiger charge is -2.18. The summed E-state index contributed by atoms with van der Waals surface area (Å²) in [6, 6.07) is 4.44. The fourth-order valence-corrected chi connectivity index (χ4v) is 4.33. The Morgan fingerprint density at radius 1 is 1.35 bits per heavy atom. The van der Waals surface area contributed by atoms with E-state index in [1.807, 2.05) is 11.3 Å². The standard InChI is InChI=1S/C16H19BrN2S/c1-9-6-12(7-10(2)14(9)17)16-19-15-11(8-18)4-3-5-13(15)20-16/h6-7,11H,3-5,8,18H2,1-2H3. The number of aromatic nitrogens is 1. The number of rotatable bonds is 2. The van der Waals surface area contributed by atoms with E-state index >= 15 is 0 Å². The molecule has 0 saturated heterocycles. The Labute approximate surface area is 132 Å². The van der Waals surface area contributed by atoms with Gasteiger partial charge in [-0.25, -0.2) is 4.98 Å². The summed E-state index contributed by atoms with van der Waals surface area (Å²) < 4.78 is 1.20. The van der Waals surface area contributed by atoms with Crippen LogP contribution in [-0.2, 0) is 6.42 Å². The van der Waals surface area contributed by atoms with E-state index in [0.717, 1.165) is 11.4 Å². The van der Waals surface area contributed by atoms with E-state index in [1.54, 1.807) is 0 Å². The number of hydrogen-bond acceptors (Lipinski definition) is 3. The summed E-state index contributed by atoms with van der Waals surface area (Å²) in [5, 5.41) is 1.15. The first-order valence-corrected chi connectivity index (χ1v) is 8.68. The van der Waals surface area contributed by atoms with Gasteiger partial charge in [0, 0.05) is 27.4 Å². The first kappa shape index (κ1) is 14.2. The van der Waals surface area contributed by atoms with E-state index in [0.29, 0.717) is 12.5 Å². The minimum atomic E-state index is 0.460. The summed E-state index contributed by atoms with van der Waals surface area (Å²) in [6.07, 6.45) is 3.60. The fraction of sp³-hybridized carbons (Fsp3) is 0.438. The Kier molecular flexibility index (Phi) is 3.98. The van der Waals surface area contributed by atoms with Gasteiger partial charge in [0.1, 0.15) is 5.01 Å². The monoisotopic (exact) mass is 350 g/mol. The third kappa shape index (κ3) is 2.45. The van der Waals surface area contributed by atoms with Gasteiger partial charge in [0.2, 0.25) is 0 Å². The molecule has 0 spiro atoms. The molecule has 1 unspecified atom stereocenters. The number of nitrogens with two attached hydrogens (primary N) is 1. The van der Waals surface area contributed by atoms with E-state index in [4.69, 9.17) is 10.7 Å². The number of fused-ring (bicyclic) bond motifs is 1. The summed E-state index contributed by atoms with van der Waals surface area (Å²) in [5.41, 5.74) is 10.9. The third-order valence-corrected chi connectivity index (χ3v) is 6.47. The number of benzene rings is 1. The van der Waals surface area contributed by atoms with Gasteiger partial charge in [-0.15, -0.1) is 11.3 Å². The first-order valence-electron chi connectivity index (χ1n) is 7.07. The smallest absolute Gasteiger partial charge is 0.123 e. The predicted octanol–water partition coefficient (Wildman–Crippen LogP) is 4.57. The molecule has 0 bridgehead atoms. The molecule has 0 radical (unpaired) electrons. The zero-order chi connectivity index (χ0) is 14.3. The van der Waals surface area contributed by atoms with Gasteiger partial charge in [-0.1, -0.05) is 15.9 Å². The van der Waals surface area contributed by atoms with Crippen LogP contribution in [0.4, 0.5) is 0 Å². The molecule has 4 heteroatoms. The van der Waals surface area contributed by atoms with Crippen molar-refractivity contribution in [3.63, 3.8) is 0 Å². The van der Waals surface area contributed by atoms with Crippen molar-refractivity contribution in [2.24, 2.45) is 5.73 Å². The largest absolute Gasteiger partial charge is 0.330 e. The molecule has 1 aliphatic rings. The van der Waals surface area contributed by atoms with E-state index in [1.165, 1.54) is 44.6 Å². The SMILES string of the molecule is Cc1cc(-c2nc3c(s2)CCCC3CN)cc(C)c1Br. The van der Waals surface area contributed by atoms with Crippen LogP contribution < -0.4 is 5.73 Å². The van der Waals surface area contributed by atoms with Crippen LogP contribution in [0.25, 0.3) is 10.6 Å². The van der Waals surface area contributed by atoms with Crippen LogP contribution in [0.1, 0.15) is 40.5 Å². The molecule has 1 heterocycles. The first-order chi connectivity index (χ1) is 9.60. The lowest BCUT2D eigenvalue weighted by molar-refractivity contribution is 0.554. The molecule has 1 atom stereocenters. The number of hydrogen-bond donors (Lipinski definition) is 1. The van der Waals surface area contributed by atoms with Gasteiger partial charge in [0.15, 0.2) is 0 Å². The molecule has 20 heavy (non-hydrogen) atoms. The van der Waals surface area contributed by atoms with Crippen molar-refractivity contribution >= 4 is 27.3 Å². The number of halogens is 1. The molecule has 2 N–H and O–H groups in total. The van der Waals surface area contributed by atoms with E-state index in [2.05, 4.69) is 41.9 Å². The average molecular weight is 351 g/mol. The second-order valence-corrected chi connectivity index (χ2v) is 7.45. The second-order valence-electron chi connectivity index (χ2n) is 5.58. The molecule has 0 aliphatic heterocycles. The van der Waals surface area contributed by atoms with Crippen molar-refractivity contribution in [1.82, 2.24) is 4.98 Å². The highest BCUT2D eigenvalue weighted by Crippen LogP contribution is 2.38. The predicted molar refractivity (Wildman–Crippen MR) is 89.5 cm³/mol. The molecule has 1 aromatic heterocycles.